The molecule has 5 heteroatoms. The molecule has 0 amide bonds. The molecule has 4 N–H and O–H groups in total. The number of thiol groups is 2. The van der Waals surface area contributed by atoms with E-state index in [0.717, 1.165) is 0 Å². The Morgan fingerprint density at radius 1 is 1.30 bits per heavy atom. The van der Waals surface area contributed by atoms with Crippen LogP contribution in [0.25, 0.3) is 0 Å². The number of hydrogen-bond donors (Lipinski definition) is 4. The van der Waals surface area contributed by atoms with Gasteiger partial charge in [-0.1, -0.05) is 0 Å². The summed E-state index contributed by atoms with van der Waals surface area (Å²) in [4.78, 5) is 0. The van der Waals surface area contributed by atoms with Crippen LogP contribution in [0.4, 0.5) is 0 Å². The Morgan fingerprint density at radius 2 is 1.40 bits per heavy atom. The molecule has 64 valence electrons. The standard InChI is InChI=1S/C4H12Ge.CH6N2S2/c1-5(2,3)4;2-1(4)5-3/h1-4H3;4-5H,2-3H2. The molecule has 2 nitrogen and oxygen atoms in total. The van der Waals surface area contributed by atoms with Crippen molar-refractivity contribution in [1.82, 2.24) is 0 Å². The van der Waals surface area contributed by atoms with Crippen molar-refractivity contribution < 1.29 is 0 Å². The molecule has 0 bridgehead atoms. The molecule has 0 atom stereocenters. The first-order valence-electron chi connectivity index (χ1n) is 2.99. The Hall–Kier alpha value is 1.03. The van der Waals surface area contributed by atoms with E-state index in [1.54, 1.807) is 0 Å². The van der Waals surface area contributed by atoms with Crippen LogP contribution in [0.1, 0.15) is 0 Å². The second-order valence-electron chi connectivity index (χ2n) is 3.49. The van der Waals surface area contributed by atoms with E-state index in [1.807, 2.05) is 0 Å². The van der Waals surface area contributed by atoms with Gasteiger partial charge in [-0.25, -0.2) is 0 Å². The second-order valence-corrected chi connectivity index (χ2v) is 17.7. The van der Waals surface area contributed by atoms with E-state index in [1.165, 1.54) is 0 Å². The summed E-state index contributed by atoms with van der Waals surface area (Å²) in [5.41, 5.74) is 4.94. The Labute approximate surface area is 75.6 Å². The van der Waals surface area contributed by atoms with Gasteiger partial charge in [-0.2, -0.15) is 0 Å². The average Bonchev–Trinajstić information content (AvgIpc) is 1.61. The Morgan fingerprint density at radius 3 is 1.40 bits per heavy atom. The fourth-order valence-corrected chi connectivity index (χ4v) is 0. The maximum absolute atomic E-state index is 4.94. The molecule has 0 fully saturated rings. The first kappa shape index (κ1) is 13.6. The van der Waals surface area contributed by atoms with Crippen molar-refractivity contribution in [3.8, 4) is 0 Å². The molecule has 0 aliphatic carbocycles. The molecular weight excluding hydrogens is 225 g/mol. The summed E-state index contributed by atoms with van der Waals surface area (Å²) in [6.45, 7) is 0. The molecule has 0 aromatic heterocycles. The van der Waals surface area contributed by atoms with Crippen molar-refractivity contribution in [2.45, 2.75) is 23.0 Å². The first-order chi connectivity index (χ1) is 4.27. The fourth-order valence-electron chi connectivity index (χ4n) is 0. The van der Waals surface area contributed by atoms with Gasteiger partial charge >= 0.3 is 36.3 Å². The van der Waals surface area contributed by atoms with Crippen molar-refractivity contribution >= 4 is 41.8 Å². The minimum absolute atomic E-state index is 0.449. The van der Waals surface area contributed by atoms with Gasteiger partial charge in [0.15, 0.2) is 0 Å². The summed E-state index contributed by atoms with van der Waals surface area (Å²) < 4.78 is 0.449. The average molecular weight is 243 g/mol. The second kappa shape index (κ2) is 6.73. The van der Waals surface area contributed by atoms with Gasteiger partial charge in [0.2, 0.25) is 0 Å². The van der Waals surface area contributed by atoms with Crippen molar-refractivity contribution in [2.75, 3.05) is 0 Å². The third-order valence-corrected chi connectivity index (χ3v) is 0.743. The van der Waals surface area contributed by atoms with Crippen LogP contribution in [-0.2, 0) is 0 Å². The van der Waals surface area contributed by atoms with E-state index < -0.39 is 13.3 Å². The van der Waals surface area contributed by atoms with Crippen LogP contribution in [0.2, 0.25) is 23.0 Å². The monoisotopic (exact) mass is 244 g/mol. The molecular formula is C5H18GeN2S2. The van der Waals surface area contributed by atoms with E-state index >= 15 is 0 Å². The summed E-state index contributed by atoms with van der Waals surface area (Å²) in [6, 6.07) is 0. The molecule has 0 radical (unpaired) electrons. The Balaban J connectivity index is 0. The van der Waals surface area contributed by atoms with Crippen molar-refractivity contribution in [2.24, 2.45) is 10.9 Å². The third-order valence-electron chi connectivity index (χ3n) is 0.132. The fraction of sp³-hybridized carbons (Fsp3) is 0.800. The summed E-state index contributed by atoms with van der Waals surface area (Å²) in [5.74, 6) is 9.50. The number of rotatable bonds is 0. The van der Waals surface area contributed by atoms with Crippen molar-refractivity contribution in [3.05, 3.63) is 0 Å². The summed E-state index contributed by atoms with van der Waals surface area (Å²) >= 11 is 3.21. The number of nitrogens with two attached hydrogens (primary N) is 2. The molecule has 0 aliphatic rings. The van der Waals surface area contributed by atoms with Gasteiger partial charge in [0.1, 0.15) is 0 Å². The molecule has 0 saturated carbocycles. The van der Waals surface area contributed by atoms with Gasteiger partial charge in [0.25, 0.3) is 0 Å². The zero-order valence-electron chi connectivity index (χ0n) is 7.05. The summed E-state index contributed by atoms with van der Waals surface area (Å²) in [7, 11) is 0. The Kier molecular flexibility index (Phi) is 9.15. The van der Waals surface area contributed by atoms with Gasteiger partial charge in [-0.15, -0.1) is 24.2 Å². The van der Waals surface area contributed by atoms with Gasteiger partial charge in [-0.3, -0.25) is 10.9 Å². The molecule has 0 aromatic carbocycles. The zero-order chi connectivity index (χ0) is 8.78. The van der Waals surface area contributed by atoms with Crippen LogP contribution >= 0.6 is 24.2 Å². The molecule has 0 unspecified atom stereocenters. The molecule has 0 saturated heterocycles. The summed E-state index contributed by atoms with van der Waals surface area (Å²) in [5, 5.41) is 4.91. The molecule has 0 rings (SSSR count). The molecule has 0 aliphatic heterocycles. The van der Waals surface area contributed by atoms with Crippen LogP contribution in [-0.4, -0.2) is 17.6 Å². The third kappa shape index (κ3) is 63.4. The molecule has 0 heterocycles. The van der Waals surface area contributed by atoms with Crippen LogP contribution in [0.3, 0.4) is 0 Å². The van der Waals surface area contributed by atoms with Crippen molar-refractivity contribution in [3.63, 3.8) is 0 Å². The summed E-state index contributed by atoms with van der Waals surface area (Å²) in [6.07, 6.45) is 0. The van der Waals surface area contributed by atoms with Gasteiger partial charge in [0, 0.05) is 0 Å². The van der Waals surface area contributed by atoms with Crippen LogP contribution in [0.5, 0.6) is 0 Å². The Bertz CT molecular complexity index is 98.7. The van der Waals surface area contributed by atoms with Gasteiger partial charge in [-0.05, 0) is 0 Å². The topological polar surface area (TPSA) is 52.0 Å². The minimum atomic E-state index is -1.00. The quantitative estimate of drug-likeness (QED) is 0.294. The van der Waals surface area contributed by atoms with E-state index in [9.17, 15) is 0 Å². The van der Waals surface area contributed by atoms with E-state index in [-0.39, 0.29) is 0 Å². The molecule has 0 spiro atoms. The van der Waals surface area contributed by atoms with Crippen LogP contribution in [0, 0.1) is 0 Å². The maximum atomic E-state index is 4.94. The number of hydrogen-bond acceptors (Lipinski definition) is 1. The van der Waals surface area contributed by atoms with E-state index in [4.69, 9.17) is 10.9 Å². The molecule has 0 aromatic rings. The first-order valence-corrected chi connectivity index (χ1v) is 12.8. The van der Waals surface area contributed by atoms with Crippen molar-refractivity contribution in [1.29, 1.82) is 0 Å². The molecule has 10 heavy (non-hydrogen) atoms. The van der Waals surface area contributed by atoms with Crippen LogP contribution in [0.15, 0.2) is 0 Å². The van der Waals surface area contributed by atoms with E-state index in [2.05, 4.69) is 35.7 Å². The predicted molar refractivity (Wildman–Crippen MR) is 60.6 cm³/mol. The van der Waals surface area contributed by atoms with Gasteiger partial charge < -0.3 is 0 Å². The zero-order valence-corrected chi connectivity index (χ0v) is 10.9. The van der Waals surface area contributed by atoms with E-state index in [0.29, 0.717) is 15.9 Å². The SMILES string of the molecule is N[SH]=C(N)S.[CH3][Ge]([CH3])([CH3])[CH3]. The predicted octanol–water partition coefficient (Wildman–Crippen LogP) is 1.26. The normalized spacial score (nSPS) is 12.9. The van der Waals surface area contributed by atoms with Gasteiger partial charge in [0.05, 0.1) is 4.32 Å². The van der Waals surface area contributed by atoms with Crippen LogP contribution < -0.4 is 10.9 Å².